The summed E-state index contributed by atoms with van der Waals surface area (Å²) in [5, 5.41) is 4.54. The van der Waals surface area contributed by atoms with E-state index in [2.05, 4.69) is 40.1 Å². The van der Waals surface area contributed by atoms with Gasteiger partial charge < -0.3 is 10.1 Å². The zero-order valence-electron chi connectivity index (χ0n) is 11.7. The quantitative estimate of drug-likeness (QED) is 0.738. The molecule has 0 atom stereocenters. The fraction of sp³-hybridized carbons (Fsp3) is 0.267. The summed E-state index contributed by atoms with van der Waals surface area (Å²) in [5.41, 5.74) is 0.757. The molecule has 0 amide bonds. The summed E-state index contributed by atoms with van der Waals surface area (Å²) in [6.07, 6.45) is 0. The van der Waals surface area contributed by atoms with E-state index in [1.807, 2.05) is 0 Å². The van der Waals surface area contributed by atoms with Crippen molar-refractivity contribution in [3.63, 3.8) is 0 Å². The van der Waals surface area contributed by atoms with E-state index in [1.165, 1.54) is 0 Å². The van der Waals surface area contributed by atoms with E-state index in [0.29, 0.717) is 34.3 Å². The molecule has 21 heavy (non-hydrogen) atoms. The van der Waals surface area contributed by atoms with Crippen LogP contribution in [0.25, 0.3) is 0 Å². The van der Waals surface area contributed by atoms with E-state index in [1.54, 1.807) is 30.3 Å². The summed E-state index contributed by atoms with van der Waals surface area (Å²) in [7, 11) is 0. The first-order chi connectivity index (χ1) is 9.95. The Bertz CT molecular complexity index is 635. The number of pyridine rings is 1. The molecule has 1 N–H and O–H groups in total. The van der Waals surface area contributed by atoms with Crippen LogP contribution in [0.15, 0.2) is 34.8 Å². The zero-order chi connectivity index (χ0) is 15.4. The van der Waals surface area contributed by atoms with Crippen molar-refractivity contribution in [3.05, 3.63) is 50.5 Å². The second-order valence-electron chi connectivity index (χ2n) is 4.79. The van der Waals surface area contributed by atoms with Gasteiger partial charge in [-0.05, 0) is 40.2 Å². The third kappa shape index (κ3) is 4.85. The van der Waals surface area contributed by atoms with Gasteiger partial charge in [0.2, 0.25) is 5.88 Å². The largest absolute Gasteiger partial charge is 0.438 e. The van der Waals surface area contributed by atoms with Gasteiger partial charge in [0.05, 0.1) is 15.2 Å². The molecule has 3 nitrogen and oxygen atoms in total. The van der Waals surface area contributed by atoms with E-state index >= 15 is 0 Å². The van der Waals surface area contributed by atoms with E-state index < -0.39 is 0 Å². The molecule has 0 aliphatic rings. The average Bonchev–Trinajstić information content (AvgIpc) is 2.42. The molecule has 112 valence electrons. The smallest absolute Gasteiger partial charge is 0.219 e. The zero-order valence-corrected chi connectivity index (χ0v) is 14.8. The highest BCUT2D eigenvalue weighted by Gasteiger charge is 2.08. The molecule has 0 spiro atoms. The van der Waals surface area contributed by atoms with Crippen LogP contribution in [-0.4, -0.2) is 11.0 Å². The van der Waals surface area contributed by atoms with Crippen molar-refractivity contribution in [2.45, 2.75) is 26.4 Å². The molecule has 6 heteroatoms. The normalized spacial score (nSPS) is 11.0. The molecule has 0 unspecified atom stereocenters. The predicted molar refractivity (Wildman–Crippen MR) is 90.4 cm³/mol. The Balaban J connectivity index is 2.18. The molecule has 2 aromatic rings. The maximum absolute atomic E-state index is 6.15. The van der Waals surface area contributed by atoms with Crippen LogP contribution in [0.5, 0.6) is 11.6 Å². The molecular weight excluding hydrogens is 375 g/mol. The maximum atomic E-state index is 6.15. The van der Waals surface area contributed by atoms with Crippen LogP contribution < -0.4 is 10.1 Å². The number of nitrogens with zero attached hydrogens (tertiary/aromatic N) is 1. The second kappa shape index (κ2) is 7.45. The number of ether oxygens (including phenoxy) is 1. The van der Waals surface area contributed by atoms with Crippen molar-refractivity contribution in [2.75, 3.05) is 0 Å². The molecule has 2 rings (SSSR count). The fourth-order valence-electron chi connectivity index (χ4n) is 1.62. The highest BCUT2D eigenvalue weighted by atomic mass is 79.9. The van der Waals surface area contributed by atoms with E-state index in [0.717, 1.165) is 10.2 Å². The lowest BCUT2D eigenvalue weighted by Gasteiger charge is -2.11. The minimum absolute atomic E-state index is 0.359. The first kappa shape index (κ1) is 16.6. The van der Waals surface area contributed by atoms with E-state index in [4.69, 9.17) is 27.9 Å². The Labute approximate surface area is 142 Å². The molecule has 1 aromatic heterocycles. The van der Waals surface area contributed by atoms with Gasteiger partial charge in [-0.25, -0.2) is 4.98 Å². The molecule has 0 fully saturated rings. The van der Waals surface area contributed by atoms with E-state index in [9.17, 15) is 0 Å². The van der Waals surface area contributed by atoms with Crippen molar-refractivity contribution in [1.29, 1.82) is 0 Å². The number of nitrogens with one attached hydrogen (secondary N) is 1. The molecule has 1 aromatic carbocycles. The number of hydrogen-bond acceptors (Lipinski definition) is 3. The molecule has 0 bridgehead atoms. The van der Waals surface area contributed by atoms with Crippen LogP contribution in [0.1, 0.15) is 19.5 Å². The third-order valence-electron chi connectivity index (χ3n) is 2.68. The van der Waals surface area contributed by atoms with E-state index in [-0.39, 0.29) is 0 Å². The summed E-state index contributed by atoms with van der Waals surface area (Å²) in [6, 6.07) is 9.20. The number of halogens is 3. The van der Waals surface area contributed by atoms with Crippen LogP contribution in [0.4, 0.5) is 0 Å². The van der Waals surface area contributed by atoms with Crippen molar-refractivity contribution in [2.24, 2.45) is 0 Å². The molecule has 0 saturated heterocycles. The van der Waals surface area contributed by atoms with Gasteiger partial charge in [0.15, 0.2) is 0 Å². The Morgan fingerprint density at radius 3 is 2.67 bits per heavy atom. The lowest BCUT2D eigenvalue weighted by molar-refractivity contribution is 0.455. The fourth-order valence-corrected chi connectivity index (χ4v) is 2.55. The summed E-state index contributed by atoms with van der Waals surface area (Å²) in [5.74, 6) is 1.14. The molecule has 0 radical (unpaired) electrons. The van der Waals surface area contributed by atoms with Gasteiger partial charge in [0.25, 0.3) is 0 Å². The summed E-state index contributed by atoms with van der Waals surface area (Å²) >= 11 is 15.5. The highest BCUT2D eigenvalue weighted by molar-refractivity contribution is 9.10. The Kier molecular flexibility index (Phi) is 5.88. The van der Waals surface area contributed by atoms with Crippen molar-refractivity contribution >= 4 is 39.1 Å². The van der Waals surface area contributed by atoms with Gasteiger partial charge in [-0.1, -0.05) is 37.0 Å². The van der Waals surface area contributed by atoms with Crippen LogP contribution in [0.3, 0.4) is 0 Å². The van der Waals surface area contributed by atoms with Gasteiger partial charge in [-0.2, -0.15) is 0 Å². The maximum Gasteiger partial charge on any atom is 0.219 e. The highest BCUT2D eigenvalue weighted by Crippen LogP contribution is 2.31. The van der Waals surface area contributed by atoms with Crippen LogP contribution in [-0.2, 0) is 6.54 Å². The lowest BCUT2D eigenvalue weighted by Crippen LogP contribution is -2.22. The van der Waals surface area contributed by atoms with Gasteiger partial charge in [0, 0.05) is 23.7 Å². The van der Waals surface area contributed by atoms with Crippen LogP contribution >= 0.6 is 39.1 Å². The minimum Gasteiger partial charge on any atom is -0.438 e. The number of hydrogen-bond donors (Lipinski definition) is 1. The third-order valence-corrected chi connectivity index (χ3v) is 3.88. The molecule has 0 saturated carbocycles. The Morgan fingerprint density at radius 2 is 2.00 bits per heavy atom. The first-order valence-corrected chi connectivity index (χ1v) is 8.02. The average molecular weight is 390 g/mol. The van der Waals surface area contributed by atoms with Gasteiger partial charge in [-0.3, -0.25) is 0 Å². The van der Waals surface area contributed by atoms with Crippen molar-refractivity contribution in [3.8, 4) is 11.6 Å². The summed E-state index contributed by atoms with van der Waals surface area (Å²) in [6.45, 7) is 4.73. The number of aromatic nitrogens is 1. The Hall–Kier alpha value is -0.810. The van der Waals surface area contributed by atoms with Gasteiger partial charge >= 0.3 is 0 Å². The second-order valence-corrected chi connectivity index (χ2v) is 6.49. The number of rotatable bonds is 5. The van der Waals surface area contributed by atoms with Gasteiger partial charge in [-0.15, -0.1) is 0 Å². The summed E-state index contributed by atoms with van der Waals surface area (Å²) < 4.78 is 6.54. The standard InChI is InChI=1S/C15H15BrCl2N2O/c1-9(2)19-8-13-12(18)4-6-15(20-13)21-14-5-3-10(17)7-11(14)16/h3-7,9,19H,8H2,1-2H3. The SMILES string of the molecule is CC(C)NCc1nc(Oc2ccc(Cl)cc2Br)ccc1Cl. The molecular formula is C15H15BrCl2N2O. The Morgan fingerprint density at radius 1 is 1.24 bits per heavy atom. The monoisotopic (exact) mass is 388 g/mol. The van der Waals surface area contributed by atoms with Crippen LogP contribution in [0.2, 0.25) is 10.0 Å². The van der Waals surface area contributed by atoms with Crippen LogP contribution in [0, 0.1) is 0 Å². The molecule has 0 aliphatic carbocycles. The van der Waals surface area contributed by atoms with Crippen molar-refractivity contribution in [1.82, 2.24) is 10.3 Å². The predicted octanol–water partition coefficient (Wildman–Crippen LogP) is 5.44. The molecule has 0 aliphatic heterocycles. The first-order valence-electron chi connectivity index (χ1n) is 6.47. The topological polar surface area (TPSA) is 34.2 Å². The molecule has 1 heterocycles. The minimum atomic E-state index is 0.359. The van der Waals surface area contributed by atoms with Crippen molar-refractivity contribution < 1.29 is 4.74 Å². The van der Waals surface area contributed by atoms with Gasteiger partial charge in [0.1, 0.15) is 5.75 Å². The summed E-state index contributed by atoms with van der Waals surface area (Å²) in [4.78, 5) is 4.43. The number of benzene rings is 1. The lowest BCUT2D eigenvalue weighted by atomic mass is 10.3.